The fourth-order valence-electron chi connectivity index (χ4n) is 1.66. The van der Waals surface area contributed by atoms with Gasteiger partial charge in [0.1, 0.15) is 5.69 Å². The molecule has 7 nitrogen and oxygen atoms in total. The summed E-state index contributed by atoms with van der Waals surface area (Å²) in [5, 5.41) is 8.46. The molecule has 1 fully saturated rings. The quantitative estimate of drug-likeness (QED) is 0.812. The van der Waals surface area contributed by atoms with Gasteiger partial charge in [0.25, 0.3) is 0 Å². The lowest BCUT2D eigenvalue weighted by molar-refractivity contribution is -0.152. The third-order valence-corrected chi connectivity index (χ3v) is 4.92. The summed E-state index contributed by atoms with van der Waals surface area (Å²) in [5.74, 6) is -1.86. The molecule has 1 aliphatic carbocycles. The molecule has 0 aliphatic heterocycles. The van der Waals surface area contributed by atoms with Gasteiger partial charge in [-0.15, -0.1) is 0 Å². The predicted molar refractivity (Wildman–Crippen MR) is 68.3 cm³/mol. The number of anilines is 1. The van der Waals surface area contributed by atoms with E-state index in [4.69, 9.17) is 5.11 Å². The fraction of sp³-hybridized carbons (Fsp3) is 0.545. The van der Waals surface area contributed by atoms with Crippen LogP contribution >= 0.6 is 0 Å². The van der Waals surface area contributed by atoms with Gasteiger partial charge in [0.05, 0.1) is 17.6 Å². The van der Waals surface area contributed by atoms with Crippen LogP contribution in [0.1, 0.15) is 31.9 Å². The van der Waals surface area contributed by atoms with Crippen LogP contribution in [-0.2, 0) is 20.5 Å². The lowest BCUT2D eigenvalue weighted by Gasteiger charge is -2.18. The summed E-state index contributed by atoms with van der Waals surface area (Å²) in [5.41, 5.74) is -3.11. The Morgan fingerprint density at radius 2 is 2.20 bits per heavy atom. The van der Waals surface area contributed by atoms with Crippen molar-refractivity contribution < 1.29 is 22.7 Å². The number of hydrogen-bond donors (Lipinski definition) is 2. The summed E-state index contributed by atoms with van der Waals surface area (Å²) in [4.78, 5) is 18.4. The van der Waals surface area contributed by atoms with Gasteiger partial charge in [-0.1, -0.05) is 6.92 Å². The molecule has 0 amide bonds. The van der Waals surface area contributed by atoms with Gasteiger partial charge in [0, 0.05) is 0 Å². The molecule has 1 saturated carbocycles. The number of carboxylic acids is 1. The van der Waals surface area contributed by atoms with Crippen molar-refractivity contribution in [2.45, 2.75) is 37.1 Å². The second kappa shape index (κ2) is 4.97. The Morgan fingerprint density at radius 1 is 1.55 bits per heavy atom. The average Bonchev–Trinajstić information content (AvgIpc) is 3.22. The number of aromatic nitrogens is 2. The summed E-state index contributed by atoms with van der Waals surface area (Å²) < 4.78 is 40.0. The van der Waals surface area contributed by atoms with E-state index >= 15 is 0 Å². The SMILES string of the molecule is CCC(F)(C(=O)O)c1cncc(NS(=O)(=O)C2CC2)n1. The van der Waals surface area contributed by atoms with Crippen molar-refractivity contribution in [3.05, 3.63) is 18.1 Å². The predicted octanol–water partition coefficient (Wildman–Crippen LogP) is 1.04. The molecule has 0 aromatic carbocycles. The summed E-state index contributed by atoms with van der Waals surface area (Å²) >= 11 is 0. The first-order valence-electron chi connectivity index (χ1n) is 6.06. The van der Waals surface area contributed by atoms with Crippen molar-refractivity contribution in [1.82, 2.24) is 9.97 Å². The van der Waals surface area contributed by atoms with Crippen LogP contribution in [0.25, 0.3) is 0 Å². The number of carbonyl (C=O) groups is 1. The highest BCUT2D eigenvalue weighted by Gasteiger charge is 2.41. The van der Waals surface area contributed by atoms with Gasteiger partial charge in [0.2, 0.25) is 15.7 Å². The highest BCUT2D eigenvalue weighted by atomic mass is 32.2. The van der Waals surface area contributed by atoms with Crippen LogP contribution in [0.15, 0.2) is 12.4 Å². The van der Waals surface area contributed by atoms with Crippen molar-refractivity contribution in [2.75, 3.05) is 4.72 Å². The molecule has 0 spiro atoms. The van der Waals surface area contributed by atoms with Gasteiger partial charge in [-0.05, 0) is 19.3 Å². The first kappa shape index (κ1) is 14.6. The molecule has 1 heterocycles. The minimum Gasteiger partial charge on any atom is -0.479 e. The molecule has 1 atom stereocenters. The molecule has 1 aromatic rings. The molecule has 0 saturated heterocycles. The first-order chi connectivity index (χ1) is 9.29. The normalized spacial score (nSPS) is 18.3. The van der Waals surface area contributed by atoms with Crippen LogP contribution < -0.4 is 4.72 Å². The number of aliphatic carboxylic acids is 1. The average molecular weight is 303 g/mol. The molecule has 0 bridgehead atoms. The largest absolute Gasteiger partial charge is 0.479 e. The number of sulfonamides is 1. The van der Waals surface area contributed by atoms with Gasteiger partial charge in [-0.3, -0.25) is 9.71 Å². The Labute approximate surface area is 115 Å². The standard InChI is InChI=1S/C11H14FN3O4S/c1-2-11(12,10(16)17)8-5-13-6-9(14-8)15-20(18,19)7-3-4-7/h5-7H,2-4H2,1H3,(H,14,15)(H,16,17). The summed E-state index contributed by atoms with van der Waals surface area (Å²) in [7, 11) is -3.55. The zero-order valence-electron chi connectivity index (χ0n) is 10.7. The van der Waals surface area contributed by atoms with Gasteiger partial charge < -0.3 is 5.11 Å². The minimum absolute atomic E-state index is 0.175. The van der Waals surface area contributed by atoms with Crippen molar-refractivity contribution in [3.63, 3.8) is 0 Å². The number of rotatable bonds is 6. The maximum Gasteiger partial charge on any atom is 0.347 e. The minimum atomic E-state index is -3.55. The Morgan fingerprint density at radius 3 is 2.70 bits per heavy atom. The molecular formula is C11H14FN3O4S. The molecule has 2 N–H and O–H groups in total. The molecule has 1 aliphatic rings. The molecule has 110 valence electrons. The van der Waals surface area contributed by atoms with E-state index in [1.54, 1.807) is 0 Å². The van der Waals surface area contributed by atoms with E-state index in [-0.39, 0.29) is 12.2 Å². The van der Waals surface area contributed by atoms with Gasteiger partial charge in [-0.2, -0.15) is 0 Å². The molecule has 1 unspecified atom stereocenters. The summed E-state index contributed by atoms with van der Waals surface area (Å²) in [6.07, 6.45) is 2.89. The van der Waals surface area contributed by atoms with Crippen molar-refractivity contribution in [1.29, 1.82) is 0 Å². The van der Waals surface area contributed by atoms with Crippen LogP contribution in [0.2, 0.25) is 0 Å². The fourth-order valence-corrected chi connectivity index (χ4v) is 2.97. The molecule has 0 radical (unpaired) electrons. The molecule has 9 heteroatoms. The maximum atomic E-state index is 14.3. The van der Waals surface area contributed by atoms with Crippen molar-refractivity contribution in [3.8, 4) is 0 Å². The van der Waals surface area contributed by atoms with Gasteiger partial charge >= 0.3 is 5.97 Å². The highest BCUT2D eigenvalue weighted by molar-refractivity contribution is 7.93. The molecular weight excluding hydrogens is 289 g/mol. The van der Waals surface area contributed by atoms with Crippen LogP contribution in [0, 0.1) is 0 Å². The highest BCUT2D eigenvalue weighted by Crippen LogP contribution is 2.31. The Bertz CT molecular complexity index is 632. The lowest BCUT2D eigenvalue weighted by Crippen LogP contribution is -2.31. The number of nitrogens with one attached hydrogen (secondary N) is 1. The zero-order chi connectivity index (χ0) is 15.0. The van der Waals surface area contributed by atoms with E-state index in [2.05, 4.69) is 14.7 Å². The first-order valence-corrected chi connectivity index (χ1v) is 7.60. The van der Waals surface area contributed by atoms with Crippen LogP contribution in [0.4, 0.5) is 10.2 Å². The zero-order valence-corrected chi connectivity index (χ0v) is 11.5. The monoisotopic (exact) mass is 303 g/mol. The van der Waals surface area contributed by atoms with E-state index in [1.165, 1.54) is 6.92 Å². The summed E-state index contributed by atoms with van der Waals surface area (Å²) in [6, 6.07) is 0. The number of alkyl halides is 1. The number of hydrogen-bond acceptors (Lipinski definition) is 5. The number of halogens is 1. The smallest absolute Gasteiger partial charge is 0.347 e. The van der Waals surface area contributed by atoms with Crippen LogP contribution in [0.5, 0.6) is 0 Å². The van der Waals surface area contributed by atoms with E-state index < -0.39 is 32.6 Å². The third-order valence-electron chi connectivity index (χ3n) is 3.08. The Balaban J connectivity index is 2.30. The van der Waals surface area contributed by atoms with Gasteiger partial charge in [-0.25, -0.2) is 22.6 Å². The van der Waals surface area contributed by atoms with E-state index in [0.29, 0.717) is 12.8 Å². The lowest BCUT2D eigenvalue weighted by atomic mass is 9.99. The number of nitrogens with zero attached hydrogens (tertiary/aromatic N) is 2. The maximum absolute atomic E-state index is 14.3. The Kier molecular flexibility index (Phi) is 3.63. The number of carboxylic acid groups (broad SMARTS) is 1. The van der Waals surface area contributed by atoms with Crippen molar-refractivity contribution in [2.24, 2.45) is 0 Å². The van der Waals surface area contributed by atoms with Crippen LogP contribution in [0.3, 0.4) is 0 Å². The van der Waals surface area contributed by atoms with E-state index in [0.717, 1.165) is 12.4 Å². The van der Waals surface area contributed by atoms with Crippen LogP contribution in [-0.4, -0.2) is 34.7 Å². The second-order valence-electron chi connectivity index (χ2n) is 4.60. The molecule has 20 heavy (non-hydrogen) atoms. The Hall–Kier alpha value is -1.77. The third kappa shape index (κ3) is 2.72. The second-order valence-corrected chi connectivity index (χ2v) is 6.56. The van der Waals surface area contributed by atoms with Gasteiger partial charge in [0.15, 0.2) is 5.82 Å². The summed E-state index contributed by atoms with van der Waals surface area (Å²) in [6.45, 7) is 1.36. The molecule has 1 aromatic heterocycles. The van der Waals surface area contributed by atoms with E-state index in [1.807, 2.05) is 0 Å². The molecule has 2 rings (SSSR count). The topological polar surface area (TPSA) is 109 Å². The van der Waals surface area contributed by atoms with Crippen molar-refractivity contribution >= 4 is 21.8 Å². The van der Waals surface area contributed by atoms with E-state index in [9.17, 15) is 17.6 Å².